The van der Waals surface area contributed by atoms with Crippen molar-refractivity contribution in [2.75, 3.05) is 19.6 Å². The average molecular weight is 229 g/mol. The molecule has 3 amide bonds. The Morgan fingerprint density at radius 2 is 1.88 bits per heavy atom. The van der Waals surface area contributed by atoms with Crippen LogP contribution in [0, 0.1) is 5.92 Å². The van der Waals surface area contributed by atoms with Crippen molar-refractivity contribution in [3.05, 3.63) is 0 Å². The summed E-state index contributed by atoms with van der Waals surface area (Å²) in [5, 5.41) is 10.6. The number of carbonyl (C=O) groups excluding carboxylic acids is 2. The highest BCUT2D eigenvalue weighted by Gasteiger charge is 2.25. The van der Waals surface area contributed by atoms with Crippen LogP contribution >= 0.6 is 0 Å². The van der Waals surface area contributed by atoms with Gasteiger partial charge in [0.05, 0.1) is 0 Å². The van der Waals surface area contributed by atoms with Gasteiger partial charge in [-0.25, -0.2) is 4.79 Å². The highest BCUT2D eigenvalue weighted by atomic mass is 16.4. The Morgan fingerprint density at radius 3 is 2.31 bits per heavy atom. The van der Waals surface area contributed by atoms with Crippen LogP contribution in [0.5, 0.6) is 0 Å². The maximum Gasteiger partial charge on any atom is 0.323 e. The Labute approximate surface area is 92.6 Å². The number of hydrogen-bond donors (Lipinski definition) is 3. The molecule has 1 fully saturated rings. The van der Waals surface area contributed by atoms with Gasteiger partial charge in [-0.1, -0.05) is 0 Å². The standard InChI is InChI=1S/C9H15N3O4/c10-8(15)6-1-3-12(4-2-6)9(16)11-5-7(13)14/h6H,1-5H2,(H2,10,15)(H,11,16)(H,13,14). The second-order valence-corrected chi connectivity index (χ2v) is 3.72. The van der Waals surface area contributed by atoms with Crippen molar-refractivity contribution in [2.24, 2.45) is 11.7 Å². The van der Waals surface area contributed by atoms with Crippen molar-refractivity contribution in [1.82, 2.24) is 10.2 Å². The van der Waals surface area contributed by atoms with Crippen LogP contribution in [0.1, 0.15) is 12.8 Å². The molecule has 4 N–H and O–H groups in total. The minimum Gasteiger partial charge on any atom is -0.480 e. The SMILES string of the molecule is NC(=O)C1CCN(C(=O)NCC(=O)O)CC1. The van der Waals surface area contributed by atoms with Crippen molar-refractivity contribution >= 4 is 17.9 Å². The van der Waals surface area contributed by atoms with Crippen molar-refractivity contribution in [2.45, 2.75) is 12.8 Å². The first-order valence-corrected chi connectivity index (χ1v) is 5.04. The van der Waals surface area contributed by atoms with Gasteiger partial charge < -0.3 is 21.1 Å². The van der Waals surface area contributed by atoms with Crippen LogP contribution in [-0.2, 0) is 9.59 Å². The molecular formula is C9H15N3O4. The zero-order chi connectivity index (χ0) is 12.1. The van der Waals surface area contributed by atoms with Gasteiger partial charge in [-0.15, -0.1) is 0 Å². The first kappa shape index (κ1) is 12.3. The number of nitrogens with zero attached hydrogens (tertiary/aromatic N) is 1. The van der Waals surface area contributed by atoms with Gasteiger partial charge in [-0.3, -0.25) is 9.59 Å². The summed E-state index contributed by atoms with van der Waals surface area (Å²) < 4.78 is 0. The van der Waals surface area contributed by atoms with Crippen molar-refractivity contribution in [3.8, 4) is 0 Å². The number of carboxylic acid groups (broad SMARTS) is 1. The fraction of sp³-hybridized carbons (Fsp3) is 0.667. The van der Waals surface area contributed by atoms with E-state index in [4.69, 9.17) is 10.8 Å². The number of nitrogens with one attached hydrogen (secondary N) is 1. The fourth-order valence-electron chi connectivity index (χ4n) is 1.63. The van der Waals surface area contributed by atoms with E-state index in [9.17, 15) is 14.4 Å². The number of rotatable bonds is 3. The third kappa shape index (κ3) is 3.41. The topological polar surface area (TPSA) is 113 Å². The van der Waals surface area contributed by atoms with E-state index in [2.05, 4.69) is 5.32 Å². The van der Waals surface area contributed by atoms with E-state index >= 15 is 0 Å². The van der Waals surface area contributed by atoms with Crippen LogP contribution in [0.25, 0.3) is 0 Å². The molecule has 0 bridgehead atoms. The highest BCUT2D eigenvalue weighted by Crippen LogP contribution is 2.16. The Hall–Kier alpha value is -1.79. The van der Waals surface area contributed by atoms with Gasteiger partial charge in [0.25, 0.3) is 0 Å². The second-order valence-electron chi connectivity index (χ2n) is 3.72. The molecule has 90 valence electrons. The van der Waals surface area contributed by atoms with Crippen LogP contribution in [0.2, 0.25) is 0 Å². The first-order chi connectivity index (χ1) is 7.50. The van der Waals surface area contributed by atoms with Crippen LogP contribution in [0.15, 0.2) is 0 Å². The minimum absolute atomic E-state index is 0.177. The minimum atomic E-state index is -1.08. The summed E-state index contributed by atoms with van der Waals surface area (Å²) >= 11 is 0. The second kappa shape index (κ2) is 5.34. The summed E-state index contributed by atoms with van der Waals surface area (Å²) in [4.78, 5) is 34.0. The summed E-state index contributed by atoms with van der Waals surface area (Å²) in [6.45, 7) is 0.465. The number of hydrogen-bond acceptors (Lipinski definition) is 3. The number of carbonyl (C=O) groups is 3. The molecule has 0 aromatic heterocycles. The molecule has 1 heterocycles. The zero-order valence-corrected chi connectivity index (χ0v) is 8.81. The van der Waals surface area contributed by atoms with Crippen molar-refractivity contribution in [3.63, 3.8) is 0 Å². The van der Waals surface area contributed by atoms with Crippen LogP contribution in [0.4, 0.5) is 4.79 Å². The number of urea groups is 1. The molecule has 1 rings (SSSR count). The van der Waals surface area contributed by atoms with Crippen LogP contribution < -0.4 is 11.1 Å². The molecule has 0 aromatic rings. The monoisotopic (exact) mass is 229 g/mol. The van der Waals surface area contributed by atoms with Gasteiger partial charge in [-0.2, -0.15) is 0 Å². The molecule has 1 aliphatic rings. The normalized spacial score (nSPS) is 16.9. The molecule has 0 aromatic carbocycles. The predicted octanol–water partition coefficient (Wildman–Crippen LogP) is -1.02. The van der Waals surface area contributed by atoms with E-state index in [-0.39, 0.29) is 11.8 Å². The molecular weight excluding hydrogens is 214 g/mol. The Balaban J connectivity index is 2.33. The third-order valence-electron chi connectivity index (χ3n) is 2.58. The van der Waals surface area contributed by atoms with E-state index in [1.807, 2.05) is 0 Å². The maximum absolute atomic E-state index is 11.4. The van der Waals surface area contributed by atoms with E-state index in [1.54, 1.807) is 0 Å². The largest absolute Gasteiger partial charge is 0.480 e. The quantitative estimate of drug-likeness (QED) is 0.574. The summed E-state index contributed by atoms with van der Waals surface area (Å²) in [6, 6.07) is -0.412. The smallest absolute Gasteiger partial charge is 0.323 e. The predicted molar refractivity (Wildman–Crippen MR) is 54.5 cm³/mol. The van der Waals surface area contributed by atoms with E-state index in [1.165, 1.54) is 4.90 Å². The van der Waals surface area contributed by atoms with Gasteiger partial charge in [0.15, 0.2) is 0 Å². The molecule has 16 heavy (non-hydrogen) atoms. The van der Waals surface area contributed by atoms with E-state index in [0.29, 0.717) is 25.9 Å². The molecule has 0 radical (unpaired) electrons. The summed E-state index contributed by atoms with van der Waals surface area (Å²) in [5.74, 6) is -1.60. The van der Waals surface area contributed by atoms with E-state index < -0.39 is 18.5 Å². The number of primary amides is 1. The van der Waals surface area contributed by atoms with Crippen LogP contribution in [0.3, 0.4) is 0 Å². The number of carboxylic acids is 1. The molecule has 0 unspecified atom stereocenters. The highest BCUT2D eigenvalue weighted by molar-refractivity contribution is 5.80. The zero-order valence-electron chi connectivity index (χ0n) is 8.81. The first-order valence-electron chi connectivity index (χ1n) is 5.04. The molecule has 7 nitrogen and oxygen atoms in total. The van der Waals surface area contributed by atoms with E-state index in [0.717, 1.165) is 0 Å². The van der Waals surface area contributed by atoms with Gasteiger partial charge in [0, 0.05) is 19.0 Å². The number of nitrogens with two attached hydrogens (primary N) is 1. The summed E-state index contributed by atoms with van der Waals surface area (Å²) in [5.41, 5.74) is 5.15. The molecule has 7 heteroatoms. The Bertz CT molecular complexity index is 297. The lowest BCUT2D eigenvalue weighted by Crippen LogP contribution is -2.47. The number of likely N-dealkylation sites (tertiary alicyclic amines) is 1. The third-order valence-corrected chi connectivity index (χ3v) is 2.58. The number of aliphatic carboxylic acids is 1. The van der Waals surface area contributed by atoms with Gasteiger partial charge in [0.1, 0.15) is 6.54 Å². The van der Waals surface area contributed by atoms with Gasteiger partial charge >= 0.3 is 12.0 Å². The molecule has 0 saturated carbocycles. The van der Waals surface area contributed by atoms with Crippen molar-refractivity contribution < 1.29 is 19.5 Å². The fourth-order valence-corrected chi connectivity index (χ4v) is 1.63. The maximum atomic E-state index is 11.4. The van der Waals surface area contributed by atoms with Crippen LogP contribution in [-0.4, -0.2) is 47.5 Å². The lowest BCUT2D eigenvalue weighted by atomic mass is 9.96. The van der Waals surface area contributed by atoms with Gasteiger partial charge in [-0.05, 0) is 12.8 Å². The lowest BCUT2D eigenvalue weighted by molar-refractivity contribution is -0.135. The summed E-state index contributed by atoms with van der Waals surface area (Å²) in [6.07, 6.45) is 1.08. The Morgan fingerprint density at radius 1 is 1.31 bits per heavy atom. The number of piperidine rings is 1. The average Bonchev–Trinajstić information content (AvgIpc) is 2.26. The van der Waals surface area contributed by atoms with Crippen molar-refractivity contribution in [1.29, 1.82) is 0 Å². The molecule has 0 aliphatic carbocycles. The van der Waals surface area contributed by atoms with Gasteiger partial charge in [0.2, 0.25) is 5.91 Å². The molecule has 0 spiro atoms. The summed E-state index contributed by atoms with van der Waals surface area (Å²) in [7, 11) is 0. The number of amides is 3. The molecule has 1 aliphatic heterocycles. The lowest BCUT2D eigenvalue weighted by Gasteiger charge is -2.30. The molecule has 0 atom stereocenters. The Kier molecular flexibility index (Phi) is 4.10. The molecule has 1 saturated heterocycles.